The zero-order valence-electron chi connectivity index (χ0n) is 19.9. The average Bonchev–Trinajstić information content (AvgIpc) is 3.25. The monoisotopic (exact) mass is 494 g/mol. The van der Waals surface area contributed by atoms with Crippen molar-refractivity contribution in [2.75, 3.05) is 61.8 Å². The summed E-state index contributed by atoms with van der Waals surface area (Å²) in [6.45, 7) is 9.15. The fourth-order valence-corrected chi connectivity index (χ4v) is 4.96. The van der Waals surface area contributed by atoms with E-state index in [0.717, 1.165) is 56.6 Å². The van der Waals surface area contributed by atoms with Crippen molar-refractivity contribution in [1.82, 2.24) is 24.8 Å². The number of piperazine rings is 1. The van der Waals surface area contributed by atoms with Crippen LogP contribution in [-0.2, 0) is 4.79 Å². The van der Waals surface area contributed by atoms with Gasteiger partial charge in [0.1, 0.15) is 11.5 Å². The summed E-state index contributed by atoms with van der Waals surface area (Å²) in [7, 11) is 2.16. The van der Waals surface area contributed by atoms with Crippen LogP contribution < -0.4 is 15.5 Å². The average molecular weight is 495 g/mol. The van der Waals surface area contributed by atoms with E-state index in [4.69, 9.17) is 16.6 Å². The SMILES string of the molecule is C=CC(=O)N1CCCC(Nc2nc(Nc3ccc(N4CCN(C)CC4)cc3)nc3[nH]cc(Cl)c23)C1. The van der Waals surface area contributed by atoms with E-state index < -0.39 is 0 Å². The molecule has 0 spiro atoms. The number of nitrogens with zero attached hydrogens (tertiary/aromatic N) is 5. The number of hydrogen-bond acceptors (Lipinski definition) is 7. The Morgan fingerprint density at radius 3 is 2.69 bits per heavy atom. The molecule has 9 nitrogen and oxygen atoms in total. The molecule has 4 heterocycles. The van der Waals surface area contributed by atoms with Gasteiger partial charge in [0.2, 0.25) is 11.9 Å². The van der Waals surface area contributed by atoms with Gasteiger partial charge in [-0.15, -0.1) is 0 Å². The Morgan fingerprint density at radius 1 is 1.17 bits per heavy atom. The van der Waals surface area contributed by atoms with Crippen LogP contribution in [0.25, 0.3) is 11.0 Å². The summed E-state index contributed by atoms with van der Waals surface area (Å²) in [4.78, 5) is 31.2. The summed E-state index contributed by atoms with van der Waals surface area (Å²) < 4.78 is 0. The quantitative estimate of drug-likeness (QED) is 0.450. The standard InChI is InChI=1S/C25H31ClN8O/c1-3-21(35)34-10-4-5-18(16-34)28-24-22-20(26)15-27-23(22)30-25(31-24)29-17-6-8-19(9-7-17)33-13-11-32(2)12-14-33/h3,6-9,15,18H,1,4-5,10-14,16H2,2H3,(H3,27,28,29,30,31). The van der Waals surface area contributed by atoms with Crippen LogP contribution in [0.2, 0.25) is 5.02 Å². The van der Waals surface area contributed by atoms with Crippen LogP contribution in [0.15, 0.2) is 43.1 Å². The molecule has 35 heavy (non-hydrogen) atoms. The Morgan fingerprint density at radius 2 is 1.94 bits per heavy atom. The number of piperidine rings is 1. The van der Waals surface area contributed by atoms with Gasteiger partial charge in [0, 0.05) is 62.9 Å². The van der Waals surface area contributed by atoms with Crippen molar-refractivity contribution in [2.24, 2.45) is 0 Å². The van der Waals surface area contributed by atoms with Crippen LogP contribution in [0.3, 0.4) is 0 Å². The molecule has 1 aromatic carbocycles. The largest absolute Gasteiger partial charge is 0.369 e. The Kier molecular flexibility index (Phi) is 6.79. The number of anilines is 4. The molecular formula is C25H31ClN8O. The molecule has 184 valence electrons. The molecule has 0 bridgehead atoms. The van der Waals surface area contributed by atoms with E-state index >= 15 is 0 Å². The fourth-order valence-electron chi connectivity index (χ4n) is 4.72. The predicted octanol–water partition coefficient (Wildman–Crippen LogP) is 3.70. The summed E-state index contributed by atoms with van der Waals surface area (Å²) in [6, 6.07) is 8.42. The first kappa shape index (κ1) is 23.4. The Hall–Kier alpha value is -3.30. The first-order valence-electron chi connectivity index (χ1n) is 12.0. The highest BCUT2D eigenvalue weighted by Gasteiger charge is 2.24. The molecular weight excluding hydrogens is 464 g/mol. The third kappa shape index (κ3) is 5.21. The van der Waals surface area contributed by atoms with Crippen LogP contribution in [0.4, 0.5) is 23.1 Å². The number of hydrogen-bond donors (Lipinski definition) is 3. The lowest BCUT2D eigenvalue weighted by Gasteiger charge is -2.34. The van der Waals surface area contributed by atoms with E-state index in [1.165, 1.54) is 11.8 Å². The maximum Gasteiger partial charge on any atom is 0.246 e. The molecule has 10 heteroatoms. The number of rotatable bonds is 6. The van der Waals surface area contributed by atoms with Crippen molar-refractivity contribution in [3.8, 4) is 0 Å². The van der Waals surface area contributed by atoms with E-state index in [1.807, 2.05) is 4.90 Å². The van der Waals surface area contributed by atoms with Crippen molar-refractivity contribution in [3.05, 3.63) is 48.1 Å². The Bertz CT molecular complexity index is 1200. The Labute approximate surface area is 210 Å². The van der Waals surface area contributed by atoms with Crippen LogP contribution in [-0.4, -0.2) is 83.0 Å². The fraction of sp³-hybridized carbons (Fsp3) is 0.400. The number of likely N-dealkylation sites (tertiary alicyclic amines) is 1. The van der Waals surface area contributed by atoms with Gasteiger partial charge in [-0.25, -0.2) is 0 Å². The summed E-state index contributed by atoms with van der Waals surface area (Å²) in [5.74, 6) is 1.07. The Balaban J connectivity index is 1.34. The number of amides is 1. The van der Waals surface area contributed by atoms with Gasteiger partial charge in [0.15, 0.2) is 0 Å². The first-order valence-corrected chi connectivity index (χ1v) is 12.4. The summed E-state index contributed by atoms with van der Waals surface area (Å²) in [6.07, 6.45) is 4.93. The molecule has 1 atom stereocenters. The van der Waals surface area contributed by atoms with E-state index in [2.05, 4.69) is 68.3 Å². The van der Waals surface area contributed by atoms with E-state index in [0.29, 0.717) is 29.0 Å². The highest BCUT2D eigenvalue weighted by Crippen LogP contribution is 2.31. The van der Waals surface area contributed by atoms with Crippen LogP contribution >= 0.6 is 11.6 Å². The maximum atomic E-state index is 12.1. The van der Waals surface area contributed by atoms with Crippen LogP contribution in [0.5, 0.6) is 0 Å². The number of halogens is 1. The van der Waals surface area contributed by atoms with Crippen molar-refractivity contribution >= 4 is 51.7 Å². The summed E-state index contributed by atoms with van der Waals surface area (Å²) >= 11 is 6.45. The van der Waals surface area contributed by atoms with E-state index in [1.54, 1.807) is 6.20 Å². The van der Waals surface area contributed by atoms with E-state index in [9.17, 15) is 4.79 Å². The van der Waals surface area contributed by atoms with Crippen molar-refractivity contribution in [2.45, 2.75) is 18.9 Å². The lowest BCUT2D eigenvalue weighted by Crippen LogP contribution is -2.44. The number of nitrogens with one attached hydrogen (secondary N) is 3. The molecule has 0 saturated carbocycles. The smallest absolute Gasteiger partial charge is 0.246 e. The summed E-state index contributed by atoms with van der Waals surface area (Å²) in [5, 5.41) is 8.13. The molecule has 1 amide bonds. The first-order chi connectivity index (χ1) is 17.0. The second-order valence-electron chi connectivity index (χ2n) is 9.19. The molecule has 0 aliphatic carbocycles. The number of carbonyl (C=O) groups is 1. The highest BCUT2D eigenvalue weighted by molar-refractivity contribution is 6.36. The molecule has 2 aromatic heterocycles. The number of aromatic nitrogens is 3. The molecule has 3 N–H and O–H groups in total. The lowest BCUT2D eigenvalue weighted by molar-refractivity contribution is -0.127. The number of benzene rings is 1. The second kappa shape index (κ2) is 10.1. The van der Waals surface area contributed by atoms with Gasteiger partial charge in [-0.05, 0) is 50.2 Å². The molecule has 0 radical (unpaired) electrons. The minimum atomic E-state index is -0.0496. The molecule has 2 fully saturated rings. The van der Waals surface area contributed by atoms with Crippen LogP contribution in [0, 0.1) is 0 Å². The highest BCUT2D eigenvalue weighted by atomic mass is 35.5. The normalized spacial score (nSPS) is 19.1. The van der Waals surface area contributed by atoms with Gasteiger partial charge in [-0.3, -0.25) is 4.79 Å². The molecule has 2 saturated heterocycles. The van der Waals surface area contributed by atoms with Gasteiger partial charge < -0.3 is 30.3 Å². The minimum absolute atomic E-state index is 0.0496. The number of aromatic amines is 1. The third-order valence-corrected chi connectivity index (χ3v) is 7.02. The number of likely N-dealkylation sites (N-methyl/N-ethyl adjacent to an activating group) is 1. The van der Waals surface area contributed by atoms with E-state index in [-0.39, 0.29) is 11.9 Å². The molecule has 2 aliphatic rings. The van der Waals surface area contributed by atoms with Crippen molar-refractivity contribution in [1.29, 1.82) is 0 Å². The zero-order chi connectivity index (χ0) is 24.4. The molecule has 2 aliphatic heterocycles. The second-order valence-corrected chi connectivity index (χ2v) is 9.60. The zero-order valence-corrected chi connectivity index (χ0v) is 20.7. The van der Waals surface area contributed by atoms with Gasteiger partial charge >= 0.3 is 0 Å². The van der Waals surface area contributed by atoms with Gasteiger partial charge in [-0.1, -0.05) is 18.2 Å². The topological polar surface area (TPSA) is 92.4 Å². The predicted molar refractivity (Wildman–Crippen MR) is 142 cm³/mol. The minimum Gasteiger partial charge on any atom is -0.369 e. The molecule has 3 aromatic rings. The number of H-pyrrole nitrogens is 1. The van der Waals surface area contributed by atoms with Gasteiger partial charge in [0.25, 0.3) is 0 Å². The third-order valence-electron chi connectivity index (χ3n) is 6.72. The summed E-state index contributed by atoms with van der Waals surface area (Å²) in [5.41, 5.74) is 2.78. The maximum absolute atomic E-state index is 12.1. The molecule has 1 unspecified atom stereocenters. The van der Waals surface area contributed by atoms with Crippen LogP contribution in [0.1, 0.15) is 12.8 Å². The molecule has 5 rings (SSSR count). The number of fused-ring (bicyclic) bond motifs is 1. The van der Waals surface area contributed by atoms with Crippen molar-refractivity contribution in [3.63, 3.8) is 0 Å². The van der Waals surface area contributed by atoms with Gasteiger partial charge in [-0.2, -0.15) is 9.97 Å². The van der Waals surface area contributed by atoms with Crippen molar-refractivity contribution < 1.29 is 4.79 Å². The lowest BCUT2D eigenvalue weighted by atomic mass is 10.1. The van der Waals surface area contributed by atoms with Gasteiger partial charge in [0.05, 0.1) is 10.4 Å². The number of carbonyl (C=O) groups excluding carboxylic acids is 1.